The van der Waals surface area contributed by atoms with Crippen LogP contribution in [0.2, 0.25) is 0 Å². The van der Waals surface area contributed by atoms with Gasteiger partial charge in [0.2, 0.25) is 0 Å². The summed E-state index contributed by atoms with van der Waals surface area (Å²) in [4.78, 5) is 0.0685. The summed E-state index contributed by atoms with van der Waals surface area (Å²) in [6, 6.07) is 6.30. The molecule has 6 nitrogen and oxygen atoms in total. The van der Waals surface area contributed by atoms with Gasteiger partial charge < -0.3 is 14.9 Å². The van der Waals surface area contributed by atoms with Crippen LogP contribution in [0.25, 0.3) is 0 Å². The standard InChI is InChI=1S/C13H20O5S.C6H10O/c1-3-13(8-14,9-15)10-18-19(16,17)12-6-4-11(2)5-7-12;1-3-5-7-6-4-2/h4-7,14-15H,3,8-10H2,1-2H3;3-4H,1-2,5-6H2. The van der Waals surface area contributed by atoms with Crippen molar-refractivity contribution in [2.24, 2.45) is 5.41 Å². The van der Waals surface area contributed by atoms with Gasteiger partial charge in [-0.3, -0.25) is 4.18 Å². The highest BCUT2D eigenvalue weighted by molar-refractivity contribution is 7.86. The van der Waals surface area contributed by atoms with Crippen LogP contribution >= 0.6 is 0 Å². The molecule has 2 N–H and O–H groups in total. The number of hydrogen-bond donors (Lipinski definition) is 2. The maximum absolute atomic E-state index is 12.0. The molecule has 0 saturated heterocycles. The largest absolute Gasteiger partial charge is 0.396 e. The molecule has 0 amide bonds. The summed E-state index contributed by atoms with van der Waals surface area (Å²) in [7, 11) is -3.86. The summed E-state index contributed by atoms with van der Waals surface area (Å²) < 4.78 is 33.7. The number of aliphatic hydroxyl groups excluding tert-OH is 2. The number of rotatable bonds is 11. The average Bonchev–Trinajstić information content (AvgIpc) is 2.65. The third kappa shape index (κ3) is 8.73. The van der Waals surface area contributed by atoms with Gasteiger partial charge in [0, 0.05) is 5.41 Å². The summed E-state index contributed by atoms with van der Waals surface area (Å²) in [5, 5.41) is 18.5. The lowest BCUT2D eigenvalue weighted by molar-refractivity contribution is 0.0135. The minimum atomic E-state index is -3.86. The molecule has 0 aromatic heterocycles. The number of aliphatic hydroxyl groups is 2. The van der Waals surface area contributed by atoms with Crippen molar-refractivity contribution in [3.63, 3.8) is 0 Å². The van der Waals surface area contributed by atoms with Crippen LogP contribution in [0.1, 0.15) is 18.9 Å². The molecule has 0 atom stereocenters. The van der Waals surface area contributed by atoms with E-state index in [1.54, 1.807) is 31.2 Å². The quantitative estimate of drug-likeness (QED) is 0.345. The van der Waals surface area contributed by atoms with E-state index in [4.69, 9.17) is 8.92 Å². The van der Waals surface area contributed by atoms with Crippen LogP contribution < -0.4 is 0 Å². The van der Waals surface area contributed by atoms with Crippen LogP contribution in [-0.2, 0) is 19.0 Å². The number of aryl methyl sites for hydroxylation is 1. The number of hydrogen-bond acceptors (Lipinski definition) is 6. The summed E-state index contributed by atoms with van der Waals surface area (Å²) in [6.07, 6.45) is 3.84. The maximum Gasteiger partial charge on any atom is 0.296 e. The average molecular weight is 387 g/mol. The molecule has 0 saturated carbocycles. The van der Waals surface area contributed by atoms with Crippen LogP contribution in [0, 0.1) is 12.3 Å². The Balaban J connectivity index is 0.000000758. The predicted octanol–water partition coefficient (Wildman–Crippen LogP) is 2.46. The van der Waals surface area contributed by atoms with Gasteiger partial charge in [-0.15, -0.1) is 13.2 Å². The monoisotopic (exact) mass is 386 g/mol. The minimum absolute atomic E-state index is 0.0685. The topological polar surface area (TPSA) is 93.1 Å². The summed E-state index contributed by atoms with van der Waals surface area (Å²) in [5.41, 5.74) is 0.0187. The normalized spacial score (nSPS) is 11.4. The molecule has 0 radical (unpaired) electrons. The first-order valence-electron chi connectivity index (χ1n) is 8.28. The van der Waals surface area contributed by atoms with Gasteiger partial charge in [-0.1, -0.05) is 36.8 Å². The van der Waals surface area contributed by atoms with Gasteiger partial charge in [0.25, 0.3) is 10.1 Å². The van der Waals surface area contributed by atoms with Gasteiger partial charge in [-0.2, -0.15) is 8.42 Å². The van der Waals surface area contributed by atoms with Gasteiger partial charge >= 0.3 is 0 Å². The molecule has 0 bridgehead atoms. The zero-order valence-electron chi connectivity index (χ0n) is 15.6. The second-order valence-electron chi connectivity index (χ2n) is 5.81. The molecule has 0 fully saturated rings. The molecule has 1 aromatic carbocycles. The third-order valence-electron chi connectivity index (χ3n) is 3.72. The molecule has 0 heterocycles. The molecule has 0 aliphatic heterocycles. The van der Waals surface area contributed by atoms with Gasteiger partial charge in [-0.25, -0.2) is 0 Å². The Morgan fingerprint density at radius 1 is 1.08 bits per heavy atom. The summed E-state index contributed by atoms with van der Waals surface area (Å²) in [5.74, 6) is 0. The van der Waals surface area contributed by atoms with E-state index in [9.17, 15) is 18.6 Å². The lowest BCUT2D eigenvalue weighted by Crippen LogP contribution is -2.35. The lowest BCUT2D eigenvalue weighted by atomic mass is 9.88. The van der Waals surface area contributed by atoms with Gasteiger partial charge in [-0.05, 0) is 25.5 Å². The Bertz CT molecular complexity index is 602. The van der Waals surface area contributed by atoms with Crippen molar-refractivity contribution in [1.29, 1.82) is 0 Å². The van der Waals surface area contributed by atoms with Crippen LogP contribution in [0.5, 0.6) is 0 Å². The fourth-order valence-corrected chi connectivity index (χ4v) is 2.69. The van der Waals surface area contributed by atoms with Crippen molar-refractivity contribution in [1.82, 2.24) is 0 Å². The Hall–Kier alpha value is -1.51. The maximum atomic E-state index is 12.0. The van der Waals surface area contributed by atoms with Crippen molar-refractivity contribution in [3.8, 4) is 0 Å². The first-order chi connectivity index (χ1) is 12.3. The highest BCUT2D eigenvalue weighted by atomic mass is 32.2. The predicted molar refractivity (Wildman–Crippen MR) is 102 cm³/mol. The number of benzene rings is 1. The molecule has 148 valence electrons. The van der Waals surface area contributed by atoms with Gasteiger partial charge in [0.05, 0.1) is 37.9 Å². The molecule has 1 rings (SSSR count). The van der Waals surface area contributed by atoms with Crippen LogP contribution in [0.4, 0.5) is 0 Å². The second kappa shape index (κ2) is 12.8. The van der Waals surface area contributed by atoms with Gasteiger partial charge in [0.15, 0.2) is 0 Å². The van der Waals surface area contributed by atoms with Crippen molar-refractivity contribution in [2.75, 3.05) is 33.0 Å². The molecular weight excluding hydrogens is 356 g/mol. The van der Waals surface area contributed by atoms with Crippen LogP contribution in [0.15, 0.2) is 54.5 Å². The molecule has 0 aliphatic carbocycles. The van der Waals surface area contributed by atoms with Crippen molar-refractivity contribution in [2.45, 2.75) is 25.2 Å². The zero-order chi connectivity index (χ0) is 20.1. The molecule has 1 aromatic rings. The number of ether oxygens (including phenoxy) is 1. The molecule has 0 aliphatic rings. The third-order valence-corrected chi connectivity index (χ3v) is 5.00. The highest BCUT2D eigenvalue weighted by Crippen LogP contribution is 2.23. The highest BCUT2D eigenvalue weighted by Gasteiger charge is 2.30. The molecule has 0 unspecified atom stereocenters. The Morgan fingerprint density at radius 2 is 1.58 bits per heavy atom. The van der Waals surface area contributed by atoms with Crippen LogP contribution in [0.3, 0.4) is 0 Å². The van der Waals surface area contributed by atoms with Crippen molar-refractivity contribution >= 4 is 10.1 Å². The molecular formula is C19H30O6S. The fraction of sp³-hybridized carbons (Fsp3) is 0.474. The van der Waals surface area contributed by atoms with E-state index in [-0.39, 0.29) is 24.7 Å². The van der Waals surface area contributed by atoms with E-state index in [1.807, 2.05) is 6.92 Å². The summed E-state index contributed by atoms with van der Waals surface area (Å²) >= 11 is 0. The van der Waals surface area contributed by atoms with E-state index < -0.39 is 15.5 Å². The molecule has 7 heteroatoms. The van der Waals surface area contributed by atoms with Gasteiger partial charge in [0.1, 0.15) is 0 Å². The first-order valence-corrected chi connectivity index (χ1v) is 9.69. The van der Waals surface area contributed by atoms with Crippen molar-refractivity contribution < 1.29 is 27.6 Å². The molecule has 26 heavy (non-hydrogen) atoms. The summed E-state index contributed by atoms with van der Waals surface area (Å²) in [6.45, 7) is 10.9. The SMILES string of the molecule is C=CCOCC=C.CCC(CO)(CO)COS(=O)(=O)c1ccc(C)cc1. The Labute approximate surface area is 156 Å². The minimum Gasteiger partial charge on any atom is -0.396 e. The van der Waals surface area contributed by atoms with E-state index in [2.05, 4.69) is 13.2 Å². The first kappa shape index (κ1) is 24.5. The van der Waals surface area contributed by atoms with E-state index in [0.717, 1.165) is 5.56 Å². The zero-order valence-corrected chi connectivity index (χ0v) is 16.4. The van der Waals surface area contributed by atoms with E-state index in [1.165, 1.54) is 12.1 Å². The van der Waals surface area contributed by atoms with E-state index in [0.29, 0.717) is 19.6 Å². The lowest BCUT2D eigenvalue weighted by Gasteiger charge is -2.27. The second-order valence-corrected chi connectivity index (χ2v) is 7.43. The van der Waals surface area contributed by atoms with Crippen LogP contribution in [-0.4, -0.2) is 51.7 Å². The Kier molecular flexibility index (Phi) is 12.0. The van der Waals surface area contributed by atoms with E-state index >= 15 is 0 Å². The smallest absolute Gasteiger partial charge is 0.296 e. The Morgan fingerprint density at radius 3 is 1.96 bits per heavy atom. The molecule has 0 spiro atoms. The van der Waals surface area contributed by atoms with Crippen molar-refractivity contribution in [3.05, 3.63) is 55.1 Å². The fourth-order valence-electron chi connectivity index (χ4n) is 1.68.